The highest BCUT2D eigenvalue weighted by Gasteiger charge is 2.35. The standard InChI is InChI=1S/C23H21N3O4/c1-2-11-26-22(29)18-10-7-16(13-19(18)23(26)30)21(28)24-14-15-5-8-17(9-6-15)25-12-3-4-20(25)27/h2,5-10,13H,1,3-4,11-12,14H2,(H,24,28). The van der Waals surface area contributed by atoms with Gasteiger partial charge in [0.05, 0.1) is 11.1 Å². The van der Waals surface area contributed by atoms with E-state index in [2.05, 4.69) is 11.9 Å². The SMILES string of the molecule is C=CCN1C(=O)c2ccc(C(=O)NCc3ccc(N4CCCC4=O)cc3)cc2C1=O. The maximum Gasteiger partial charge on any atom is 0.261 e. The topological polar surface area (TPSA) is 86.8 Å². The van der Waals surface area contributed by atoms with E-state index in [1.165, 1.54) is 18.2 Å². The molecule has 2 aliphatic heterocycles. The first kappa shape index (κ1) is 19.6. The Morgan fingerprint density at radius 1 is 1.03 bits per heavy atom. The summed E-state index contributed by atoms with van der Waals surface area (Å²) in [6.45, 7) is 4.73. The molecule has 0 spiro atoms. The lowest BCUT2D eigenvalue weighted by Crippen LogP contribution is -2.29. The van der Waals surface area contributed by atoms with Gasteiger partial charge >= 0.3 is 0 Å². The Kier molecular flexibility index (Phi) is 5.18. The van der Waals surface area contributed by atoms with Crippen LogP contribution in [0.3, 0.4) is 0 Å². The van der Waals surface area contributed by atoms with E-state index in [4.69, 9.17) is 0 Å². The number of imide groups is 1. The van der Waals surface area contributed by atoms with Gasteiger partial charge in [0.15, 0.2) is 0 Å². The van der Waals surface area contributed by atoms with E-state index in [1.807, 2.05) is 24.3 Å². The van der Waals surface area contributed by atoms with Crippen LogP contribution in [0.2, 0.25) is 0 Å². The fourth-order valence-corrected chi connectivity index (χ4v) is 3.73. The number of nitrogens with one attached hydrogen (secondary N) is 1. The average Bonchev–Trinajstić information content (AvgIpc) is 3.29. The van der Waals surface area contributed by atoms with Crippen molar-refractivity contribution in [2.24, 2.45) is 0 Å². The molecule has 152 valence electrons. The van der Waals surface area contributed by atoms with Gasteiger partial charge in [0.2, 0.25) is 5.91 Å². The van der Waals surface area contributed by atoms with Gasteiger partial charge in [-0.05, 0) is 42.3 Å². The number of nitrogens with zero attached hydrogens (tertiary/aromatic N) is 2. The van der Waals surface area contributed by atoms with Gasteiger partial charge in [0.25, 0.3) is 17.7 Å². The molecule has 0 radical (unpaired) electrons. The Labute approximate surface area is 174 Å². The number of anilines is 1. The lowest BCUT2D eigenvalue weighted by molar-refractivity contribution is -0.117. The molecule has 1 saturated heterocycles. The molecule has 0 saturated carbocycles. The predicted octanol–water partition coefficient (Wildman–Crippen LogP) is 2.53. The zero-order chi connectivity index (χ0) is 21.3. The third kappa shape index (κ3) is 3.50. The van der Waals surface area contributed by atoms with E-state index < -0.39 is 5.91 Å². The Balaban J connectivity index is 1.42. The molecule has 0 aromatic heterocycles. The van der Waals surface area contributed by atoms with Crippen molar-refractivity contribution in [2.45, 2.75) is 19.4 Å². The van der Waals surface area contributed by atoms with Crippen molar-refractivity contribution in [3.8, 4) is 0 Å². The fourth-order valence-electron chi connectivity index (χ4n) is 3.73. The number of amides is 4. The monoisotopic (exact) mass is 403 g/mol. The van der Waals surface area contributed by atoms with Crippen molar-refractivity contribution < 1.29 is 19.2 Å². The smallest absolute Gasteiger partial charge is 0.261 e. The molecule has 30 heavy (non-hydrogen) atoms. The first-order valence-corrected chi connectivity index (χ1v) is 9.78. The maximum atomic E-state index is 12.5. The van der Waals surface area contributed by atoms with Gasteiger partial charge in [-0.25, -0.2) is 0 Å². The molecule has 0 bridgehead atoms. The lowest BCUT2D eigenvalue weighted by Gasteiger charge is -2.16. The normalized spacial score (nSPS) is 15.5. The maximum absolute atomic E-state index is 12.5. The van der Waals surface area contributed by atoms with Crippen LogP contribution in [0.5, 0.6) is 0 Å². The van der Waals surface area contributed by atoms with Crippen LogP contribution in [0.15, 0.2) is 55.1 Å². The zero-order valence-corrected chi connectivity index (χ0v) is 16.4. The van der Waals surface area contributed by atoms with Gasteiger partial charge in [0.1, 0.15) is 0 Å². The summed E-state index contributed by atoms with van der Waals surface area (Å²) in [5.74, 6) is -0.999. The summed E-state index contributed by atoms with van der Waals surface area (Å²) in [5.41, 5.74) is 2.59. The molecule has 4 rings (SSSR count). The quantitative estimate of drug-likeness (QED) is 0.593. The van der Waals surface area contributed by atoms with Crippen LogP contribution in [0.4, 0.5) is 5.69 Å². The molecule has 2 aromatic carbocycles. The number of benzene rings is 2. The van der Waals surface area contributed by atoms with Crippen molar-refractivity contribution in [1.29, 1.82) is 0 Å². The molecular formula is C23H21N3O4. The molecule has 1 fully saturated rings. The van der Waals surface area contributed by atoms with Crippen molar-refractivity contribution in [3.05, 3.63) is 77.4 Å². The number of carbonyl (C=O) groups excluding carboxylic acids is 4. The van der Waals surface area contributed by atoms with Gasteiger partial charge in [-0.2, -0.15) is 0 Å². The molecule has 7 heteroatoms. The minimum Gasteiger partial charge on any atom is -0.348 e. The average molecular weight is 403 g/mol. The van der Waals surface area contributed by atoms with Gasteiger partial charge in [-0.1, -0.05) is 18.2 Å². The molecule has 0 aliphatic carbocycles. The Hall–Kier alpha value is -3.74. The first-order chi connectivity index (χ1) is 14.5. The van der Waals surface area contributed by atoms with Crippen molar-refractivity contribution in [1.82, 2.24) is 10.2 Å². The van der Waals surface area contributed by atoms with Crippen LogP contribution in [0.25, 0.3) is 0 Å². The van der Waals surface area contributed by atoms with E-state index >= 15 is 0 Å². The summed E-state index contributed by atoms with van der Waals surface area (Å²) in [5, 5.41) is 2.82. The second-order valence-corrected chi connectivity index (χ2v) is 7.27. The summed E-state index contributed by atoms with van der Waals surface area (Å²) in [4.78, 5) is 51.9. The molecule has 7 nitrogen and oxygen atoms in total. The van der Waals surface area contributed by atoms with Crippen LogP contribution >= 0.6 is 0 Å². The molecule has 2 aromatic rings. The summed E-state index contributed by atoms with van der Waals surface area (Å²) in [6, 6.07) is 12.0. The van der Waals surface area contributed by atoms with Gasteiger partial charge in [-0.3, -0.25) is 24.1 Å². The van der Waals surface area contributed by atoms with E-state index in [0.29, 0.717) is 24.1 Å². The van der Waals surface area contributed by atoms with Crippen LogP contribution in [-0.4, -0.2) is 41.6 Å². The summed E-state index contributed by atoms with van der Waals surface area (Å²) in [7, 11) is 0. The van der Waals surface area contributed by atoms with Gasteiger partial charge < -0.3 is 10.2 Å². The van der Waals surface area contributed by atoms with Crippen LogP contribution in [0.1, 0.15) is 49.5 Å². The van der Waals surface area contributed by atoms with Crippen molar-refractivity contribution in [3.63, 3.8) is 0 Å². The third-order valence-corrected chi connectivity index (χ3v) is 5.32. The third-order valence-electron chi connectivity index (χ3n) is 5.32. The summed E-state index contributed by atoms with van der Waals surface area (Å²) >= 11 is 0. The Morgan fingerprint density at radius 3 is 2.43 bits per heavy atom. The Bertz CT molecular complexity index is 1060. The number of hydrogen-bond donors (Lipinski definition) is 1. The molecule has 2 heterocycles. The molecular weight excluding hydrogens is 382 g/mol. The molecule has 2 aliphatic rings. The van der Waals surface area contributed by atoms with Crippen LogP contribution in [-0.2, 0) is 11.3 Å². The number of hydrogen-bond acceptors (Lipinski definition) is 4. The van der Waals surface area contributed by atoms with Crippen molar-refractivity contribution in [2.75, 3.05) is 18.0 Å². The largest absolute Gasteiger partial charge is 0.348 e. The van der Waals surface area contributed by atoms with Gasteiger partial charge in [-0.15, -0.1) is 6.58 Å². The van der Waals surface area contributed by atoms with E-state index in [0.717, 1.165) is 29.1 Å². The summed E-state index contributed by atoms with van der Waals surface area (Å²) < 4.78 is 0. The number of rotatable bonds is 6. The predicted molar refractivity (Wildman–Crippen MR) is 111 cm³/mol. The highest BCUT2D eigenvalue weighted by molar-refractivity contribution is 6.22. The zero-order valence-electron chi connectivity index (χ0n) is 16.4. The van der Waals surface area contributed by atoms with Gasteiger partial charge in [0, 0.05) is 37.3 Å². The number of carbonyl (C=O) groups is 4. The first-order valence-electron chi connectivity index (χ1n) is 9.78. The highest BCUT2D eigenvalue weighted by atomic mass is 16.2. The van der Waals surface area contributed by atoms with Crippen LogP contribution < -0.4 is 10.2 Å². The second kappa shape index (κ2) is 7.94. The van der Waals surface area contributed by atoms with Crippen molar-refractivity contribution >= 4 is 29.3 Å². The number of fused-ring (bicyclic) bond motifs is 1. The van der Waals surface area contributed by atoms with E-state index in [-0.39, 0.29) is 29.8 Å². The minimum absolute atomic E-state index is 0.132. The molecule has 0 atom stereocenters. The summed E-state index contributed by atoms with van der Waals surface area (Å²) in [6.07, 6.45) is 2.94. The molecule has 0 unspecified atom stereocenters. The second-order valence-electron chi connectivity index (χ2n) is 7.27. The van der Waals surface area contributed by atoms with E-state index in [1.54, 1.807) is 11.0 Å². The van der Waals surface area contributed by atoms with Crippen LogP contribution in [0, 0.1) is 0 Å². The molecule has 4 amide bonds. The highest BCUT2D eigenvalue weighted by Crippen LogP contribution is 2.24. The molecule has 1 N–H and O–H groups in total. The van der Waals surface area contributed by atoms with E-state index in [9.17, 15) is 19.2 Å². The fraction of sp³-hybridized carbons (Fsp3) is 0.217. The lowest BCUT2D eigenvalue weighted by atomic mass is 10.1. The Morgan fingerprint density at radius 2 is 1.77 bits per heavy atom. The minimum atomic E-state index is -0.420.